The number of pyridine rings is 1. The van der Waals surface area contributed by atoms with Crippen molar-refractivity contribution in [2.75, 3.05) is 24.7 Å². The number of aromatic nitrogens is 1. The first-order chi connectivity index (χ1) is 15.5. The van der Waals surface area contributed by atoms with E-state index in [0.717, 1.165) is 28.5 Å². The third kappa shape index (κ3) is 4.32. The van der Waals surface area contributed by atoms with Gasteiger partial charge in [0.25, 0.3) is 5.56 Å². The highest BCUT2D eigenvalue weighted by Crippen LogP contribution is 2.31. The minimum Gasteiger partial charge on any atom is -0.462 e. The largest absolute Gasteiger partial charge is 0.462 e. The Morgan fingerprint density at radius 2 is 1.91 bits per heavy atom. The number of ether oxygens (including phenoxy) is 1. The highest BCUT2D eigenvalue weighted by molar-refractivity contribution is 6.05. The minimum atomic E-state index is -0.589. The first-order valence-corrected chi connectivity index (χ1v) is 11.0. The molecule has 1 aliphatic rings. The number of hydrogen-bond donors (Lipinski definition) is 1. The number of nitrogens with one attached hydrogen (secondary N) is 1. The predicted octanol–water partition coefficient (Wildman–Crippen LogP) is 4.20. The molecule has 6 heteroatoms. The van der Waals surface area contributed by atoms with E-state index in [9.17, 15) is 9.59 Å². The molecule has 0 saturated carbocycles. The van der Waals surface area contributed by atoms with Crippen molar-refractivity contribution in [3.8, 4) is 0 Å². The fourth-order valence-electron chi connectivity index (χ4n) is 4.15. The van der Waals surface area contributed by atoms with Crippen LogP contribution >= 0.6 is 0 Å². The van der Waals surface area contributed by atoms with Crippen LogP contribution in [0.25, 0.3) is 10.9 Å². The normalized spacial score (nSPS) is 14.2. The first kappa shape index (κ1) is 21.8. The summed E-state index contributed by atoms with van der Waals surface area (Å²) in [5.41, 5.74) is 7.81. The van der Waals surface area contributed by atoms with E-state index in [1.807, 2.05) is 60.5 Å². The molecule has 1 aromatic heterocycles. The highest BCUT2D eigenvalue weighted by atomic mass is 16.5. The SMILES string of the molecule is CCOC(=O)c1c(N2CCC=C(C)CN2)c2cc(C)ccc2n(Cc2ccccc2)c1=O. The summed E-state index contributed by atoms with van der Waals surface area (Å²) >= 11 is 0. The molecule has 0 spiro atoms. The summed E-state index contributed by atoms with van der Waals surface area (Å²) < 4.78 is 7.04. The van der Waals surface area contributed by atoms with Crippen molar-refractivity contribution in [3.63, 3.8) is 0 Å². The summed E-state index contributed by atoms with van der Waals surface area (Å²) in [5.74, 6) is -0.589. The maximum absolute atomic E-state index is 13.8. The molecule has 4 rings (SSSR count). The molecular weight excluding hydrogens is 402 g/mol. The molecule has 6 nitrogen and oxygen atoms in total. The number of anilines is 1. The third-order valence-corrected chi connectivity index (χ3v) is 5.72. The van der Waals surface area contributed by atoms with Gasteiger partial charge in [-0.05, 0) is 44.9 Å². The molecule has 2 aromatic carbocycles. The molecule has 0 fully saturated rings. The summed E-state index contributed by atoms with van der Waals surface area (Å²) in [6.45, 7) is 7.72. The van der Waals surface area contributed by atoms with E-state index < -0.39 is 5.97 Å². The Bertz CT molecular complexity index is 1230. The zero-order chi connectivity index (χ0) is 22.7. The number of hydrazine groups is 1. The Morgan fingerprint density at radius 3 is 2.66 bits per heavy atom. The summed E-state index contributed by atoms with van der Waals surface area (Å²) in [6, 6.07) is 15.8. The lowest BCUT2D eigenvalue weighted by Gasteiger charge is -2.28. The van der Waals surface area contributed by atoms with E-state index in [2.05, 4.69) is 18.4 Å². The van der Waals surface area contributed by atoms with Gasteiger partial charge in [0.15, 0.2) is 5.56 Å². The van der Waals surface area contributed by atoms with Crippen LogP contribution < -0.4 is 16.0 Å². The fraction of sp³-hybridized carbons (Fsp3) is 0.308. The second kappa shape index (κ2) is 9.40. The van der Waals surface area contributed by atoms with Gasteiger partial charge in [0.05, 0.1) is 24.4 Å². The van der Waals surface area contributed by atoms with E-state index >= 15 is 0 Å². The van der Waals surface area contributed by atoms with E-state index in [4.69, 9.17) is 4.74 Å². The lowest BCUT2D eigenvalue weighted by atomic mass is 10.0. The molecular formula is C26H29N3O3. The van der Waals surface area contributed by atoms with Gasteiger partial charge in [0.1, 0.15) is 0 Å². The maximum Gasteiger partial charge on any atom is 0.346 e. The molecule has 0 atom stereocenters. The average Bonchev–Trinajstić information content (AvgIpc) is 3.00. The van der Waals surface area contributed by atoms with Crippen molar-refractivity contribution in [3.05, 3.63) is 87.2 Å². The second-order valence-electron chi connectivity index (χ2n) is 8.17. The van der Waals surface area contributed by atoms with Gasteiger partial charge in [-0.15, -0.1) is 0 Å². The van der Waals surface area contributed by atoms with E-state index in [-0.39, 0.29) is 17.7 Å². The number of carbonyl (C=O) groups excluding carboxylic acids is 1. The molecule has 32 heavy (non-hydrogen) atoms. The standard InChI is InChI=1S/C26H29N3O3/c1-4-32-26(31)23-24(29-14-8-9-19(3)16-27-29)21-15-18(2)12-13-22(21)28(25(23)30)17-20-10-6-5-7-11-20/h5-7,9-13,15,27H,4,8,14,16-17H2,1-3H3. The summed E-state index contributed by atoms with van der Waals surface area (Å²) in [4.78, 5) is 26.9. The van der Waals surface area contributed by atoms with Crippen molar-refractivity contribution >= 4 is 22.6 Å². The number of aryl methyl sites for hydroxylation is 1. The Kier molecular flexibility index (Phi) is 6.42. The molecule has 0 aliphatic carbocycles. The zero-order valence-electron chi connectivity index (χ0n) is 18.9. The van der Waals surface area contributed by atoms with Crippen LogP contribution in [-0.2, 0) is 11.3 Å². The Labute approximate surface area is 188 Å². The predicted molar refractivity (Wildman–Crippen MR) is 128 cm³/mol. The van der Waals surface area contributed by atoms with Gasteiger partial charge in [-0.25, -0.2) is 10.2 Å². The van der Waals surface area contributed by atoms with Crippen molar-refractivity contribution in [2.24, 2.45) is 0 Å². The molecule has 166 valence electrons. The van der Waals surface area contributed by atoms with Crippen molar-refractivity contribution in [2.45, 2.75) is 33.7 Å². The molecule has 1 N–H and O–H groups in total. The summed E-state index contributed by atoms with van der Waals surface area (Å²) in [6.07, 6.45) is 3.00. The minimum absolute atomic E-state index is 0.0768. The first-order valence-electron chi connectivity index (χ1n) is 11.0. The number of rotatable bonds is 5. The van der Waals surface area contributed by atoms with Gasteiger partial charge in [-0.1, -0.05) is 53.6 Å². The van der Waals surface area contributed by atoms with Gasteiger partial charge in [-0.3, -0.25) is 4.79 Å². The van der Waals surface area contributed by atoms with E-state index in [1.165, 1.54) is 5.57 Å². The van der Waals surface area contributed by atoms with Crippen LogP contribution in [0.5, 0.6) is 0 Å². The molecule has 0 bridgehead atoms. The van der Waals surface area contributed by atoms with Crippen LogP contribution in [0.15, 0.2) is 65.0 Å². The Balaban J connectivity index is 1.99. The molecule has 0 unspecified atom stereocenters. The van der Waals surface area contributed by atoms with Gasteiger partial charge < -0.3 is 14.3 Å². The van der Waals surface area contributed by atoms with Gasteiger partial charge >= 0.3 is 5.97 Å². The smallest absolute Gasteiger partial charge is 0.346 e. The van der Waals surface area contributed by atoms with Gasteiger partial charge in [-0.2, -0.15) is 0 Å². The number of fused-ring (bicyclic) bond motifs is 1. The van der Waals surface area contributed by atoms with Crippen LogP contribution in [-0.4, -0.2) is 30.2 Å². The van der Waals surface area contributed by atoms with Crippen molar-refractivity contribution < 1.29 is 9.53 Å². The summed E-state index contributed by atoms with van der Waals surface area (Å²) in [7, 11) is 0. The zero-order valence-corrected chi connectivity index (χ0v) is 18.9. The lowest BCUT2D eigenvalue weighted by Crippen LogP contribution is -2.42. The average molecular weight is 432 g/mol. The molecule has 1 aliphatic heterocycles. The molecule has 0 saturated heterocycles. The van der Waals surface area contributed by atoms with Crippen LogP contribution in [0.3, 0.4) is 0 Å². The van der Waals surface area contributed by atoms with Crippen molar-refractivity contribution in [1.82, 2.24) is 9.99 Å². The van der Waals surface area contributed by atoms with Crippen LogP contribution in [0.1, 0.15) is 41.8 Å². The second-order valence-corrected chi connectivity index (χ2v) is 8.17. The maximum atomic E-state index is 13.8. The monoisotopic (exact) mass is 431 g/mol. The summed E-state index contributed by atoms with van der Waals surface area (Å²) in [5, 5.41) is 2.80. The molecule has 0 radical (unpaired) electrons. The van der Waals surface area contributed by atoms with Crippen LogP contribution in [0.2, 0.25) is 0 Å². The fourth-order valence-corrected chi connectivity index (χ4v) is 4.15. The van der Waals surface area contributed by atoms with Gasteiger partial charge in [0.2, 0.25) is 0 Å². The molecule has 2 heterocycles. The molecule has 3 aromatic rings. The number of nitrogens with zero attached hydrogens (tertiary/aromatic N) is 2. The number of benzene rings is 2. The van der Waals surface area contributed by atoms with Crippen LogP contribution in [0.4, 0.5) is 5.69 Å². The van der Waals surface area contributed by atoms with E-state index in [0.29, 0.717) is 25.3 Å². The van der Waals surface area contributed by atoms with Crippen LogP contribution in [0, 0.1) is 6.92 Å². The Morgan fingerprint density at radius 1 is 1.12 bits per heavy atom. The Hall–Kier alpha value is -3.38. The lowest BCUT2D eigenvalue weighted by molar-refractivity contribution is 0.0524. The van der Waals surface area contributed by atoms with Gasteiger partial charge in [0, 0.05) is 18.5 Å². The number of esters is 1. The van der Waals surface area contributed by atoms with E-state index in [1.54, 1.807) is 11.5 Å². The molecule has 0 amide bonds. The topological polar surface area (TPSA) is 63.6 Å². The number of carbonyl (C=O) groups is 1. The number of hydrogen-bond acceptors (Lipinski definition) is 5. The quantitative estimate of drug-likeness (QED) is 0.485. The highest BCUT2D eigenvalue weighted by Gasteiger charge is 2.27. The third-order valence-electron chi connectivity index (χ3n) is 5.72. The van der Waals surface area contributed by atoms with Crippen molar-refractivity contribution in [1.29, 1.82) is 0 Å².